The van der Waals surface area contributed by atoms with Gasteiger partial charge in [0.15, 0.2) is 0 Å². The van der Waals surface area contributed by atoms with Crippen LogP contribution in [-0.2, 0) is 6.42 Å². The van der Waals surface area contributed by atoms with Crippen molar-refractivity contribution < 1.29 is 19.3 Å². The fourth-order valence-corrected chi connectivity index (χ4v) is 2.43. The van der Waals surface area contributed by atoms with Gasteiger partial charge in [0.25, 0.3) is 0 Å². The lowest BCUT2D eigenvalue weighted by molar-refractivity contribution is 0.382. The molecule has 0 atom stereocenters. The molecule has 0 aliphatic carbocycles. The largest absolute Gasteiger partial charge is 0.507 e. The lowest BCUT2D eigenvalue weighted by atomic mass is 10.0. The molecule has 0 saturated carbocycles. The monoisotopic (exact) mass is 355 g/mol. The molecular weight excluding hydrogens is 330 g/mol. The SMILES string of the molecule is COc1cc(/C=C/c2cc(O)c(CC=C(C)C)c(OC)c2)nc(OC)c1. The highest BCUT2D eigenvalue weighted by molar-refractivity contribution is 5.71. The van der Waals surface area contributed by atoms with E-state index in [4.69, 9.17) is 14.2 Å². The van der Waals surface area contributed by atoms with Gasteiger partial charge in [0.2, 0.25) is 5.88 Å². The fourth-order valence-electron chi connectivity index (χ4n) is 2.43. The Morgan fingerprint density at radius 1 is 1.00 bits per heavy atom. The second-order valence-electron chi connectivity index (χ2n) is 6.01. The number of hydrogen-bond acceptors (Lipinski definition) is 5. The molecule has 1 aromatic carbocycles. The van der Waals surface area contributed by atoms with Crippen molar-refractivity contribution in [3.8, 4) is 23.1 Å². The van der Waals surface area contributed by atoms with Crippen molar-refractivity contribution in [2.24, 2.45) is 0 Å². The van der Waals surface area contributed by atoms with E-state index in [0.29, 0.717) is 29.5 Å². The van der Waals surface area contributed by atoms with Gasteiger partial charge >= 0.3 is 0 Å². The van der Waals surface area contributed by atoms with Crippen LogP contribution in [0.25, 0.3) is 12.2 Å². The number of phenols is 1. The van der Waals surface area contributed by atoms with Gasteiger partial charge < -0.3 is 19.3 Å². The molecule has 0 fully saturated rings. The van der Waals surface area contributed by atoms with Crippen molar-refractivity contribution in [3.63, 3.8) is 0 Å². The summed E-state index contributed by atoms with van der Waals surface area (Å²) >= 11 is 0. The molecule has 26 heavy (non-hydrogen) atoms. The van der Waals surface area contributed by atoms with Crippen LogP contribution in [0, 0.1) is 0 Å². The van der Waals surface area contributed by atoms with Crippen LogP contribution in [0.4, 0.5) is 0 Å². The average Bonchev–Trinajstić information content (AvgIpc) is 2.64. The average molecular weight is 355 g/mol. The number of ether oxygens (including phenoxy) is 3. The summed E-state index contributed by atoms with van der Waals surface area (Å²) in [5, 5.41) is 10.4. The third kappa shape index (κ3) is 5.02. The molecule has 0 bridgehead atoms. The number of hydrogen-bond donors (Lipinski definition) is 1. The summed E-state index contributed by atoms with van der Waals surface area (Å²) in [6.07, 6.45) is 6.36. The lowest BCUT2D eigenvalue weighted by Crippen LogP contribution is -1.94. The topological polar surface area (TPSA) is 60.8 Å². The molecule has 0 aliphatic heterocycles. The van der Waals surface area contributed by atoms with Crippen LogP contribution in [0.3, 0.4) is 0 Å². The van der Waals surface area contributed by atoms with Gasteiger partial charge in [-0.3, -0.25) is 0 Å². The minimum Gasteiger partial charge on any atom is -0.507 e. The van der Waals surface area contributed by atoms with Gasteiger partial charge in [0.1, 0.15) is 17.2 Å². The molecule has 2 aromatic rings. The van der Waals surface area contributed by atoms with Crippen molar-refractivity contribution in [2.45, 2.75) is 20.3 Å². The normalized spacial score (nSPS) is 10.7. The summed E-state index contributed by atoms with van der Waals surface area (Å²) in [5.74, 6) is 1.99. The number of phenolic OH excluding ortho intramolecular Hbond substituents is 1. The van der Waals surface area contributed by atoms with E-state index in [1.165, 1.54) is 5.57 Å². The molecule has 0 unspecified atom stereocenters. The first-order valence-electron chi connectivity index (χ1n) is 8.28. The predicted octanol–water partition coefficient (Wildman–Crippen LogP) is 4.49. The summed E-state index contributed by atoms with van der Waals surface area (Å²) in [6.45, 7) is 4.05. The van der Waals surface area contributed by atoms with Gasteiger partial charge in [-0.2, -0.15) is 0 Å². The maximum Gasteiger partial charge on any atom is 0.217 e. The van der Waals surface area contributed by atoms with E-state index >= 15 is 0 Å². The summed E-state index contributed by atoms with van der Waals surface area (Å²) in [6, 6.07) is 7.12. The summed E-state index contributed by atoms with van der Waals surface area (Å²) in [4.78, 5) is 4.36. The van der Waals surface area contributed by atoms with E-state index in [1.807, 2.05) is 32.1 Å². The Hall–Kier alpha value is -2.95. The first-order valence-corrected chi connectivity index (χ1v) is 8.28. The molecule has 138 valence electrons. The van der Waals surface area contributed by atoms with Crippen LogP contribution in [0.2, 0.25) is 0 Å². The minimum atomic E-state index is 0.206. The number of nitrogens with zero attached hydrogens (tertiary/aromatic N) is 1. The van der Waals surface area contributed by atoms with Gasteiger partial charge in [0, 0.05) is 17.7 Å². The van der Waals surface area contributed by atoms with Crippen molar-refractivity contribution >= 4 is 12.2 Å². The molecule has 0 saturated heterocycles. The molecular formula is C21H25NO4. The minimum absolute atomic E-state index is 0.206. The third-order valence-electron chi connectivity index (χ3n) is 3.83. The van der Waals surface area contributed by atoms with Crippen LogP contribution in [-0.4, -0.2) is 31.4 Å². The molecule has 0 spiro atoms. The van der Waals surface area contributed by atoms with E-state index in [9.17, 15) is 5.11 Å². The quantitative estimate of drug-likeness (QED) is 0.742. The highest BCUT2D eigenvalue weighted by Crippen LogP contribution is 2.31. The number of aromatic hydroxyl groups is 1. The first-order chi connectivity index (χ1) is 12.5. The van der Waals surface area contributed by atoms with E-state index in [1.54, 1.807) is 39.5 Å². The fraction of sp³-hybridized carbons (Fsp3) is 0.286. The Labute approximate surface area is 154 Å². The maximum atomic E-state index is 10.4. The van der Waals surface area contributed by atoms with E-state index < -0.39 is 0 Å². The van der Waals surface area contributed by atoms with Gasteiger partial charge in [-0.15, -0.1) is 0 Å². The van der Waals surface area contributed by atoms with Gasteiger partial charge in [0.05, 0.1) is 27.0 Å². The number of aromatic nitrogens is 1. The van der Waals surface area contributed by atoms with Crippen LogP contribution in [0.5, 0.6) is 23.1 Å². The number of rotatable bonds is 7. The molecule has 1 N–H and O–H groups in total. The molecule has 5 heteroatoms. The van der Waals surface area contributed by atoms with Crippen molar-refractivity contribution in [1.82, 2.24) is 4.98 Å². The first kappa shape index (κ1) is 19.4. The van der Waals surface area contributed by atoms with Gasteiger partial charge in [-0.1, -0.05) is 17.7 Å². The zero-order chi connectivity index (χ0) is 19.1. The second kappa shape index (κ2) is 8.94. The molecule has 1 aromatic heterocycles. The molecule has 0 radical (unpaired) electrons. The van der Waals surface area contributed by atoms with E-state index in [2.05, 4.69) is 11.1 Å². The number of pyridine rings is 1. The van der Waals surface area contributed by atoms with Crippen molar-refractivity contribution in [3.05, 3.63) is 52.7 Å². The summed E-state index contributed by atoms with van der Waals surface area (Å²) in [5.41, 5.74) is 3.46. The number of methoxy groups -OCH3 is 3. The molecule has 0 aliphatic rings. The van der Waals surface area contributed by atoms with Crippen molar-refractivity contribution in [1.29, 1.82) is 0 Å². The smallest absolute Gasteiger partial charge is 0.217 e. The summed E-state index contributed by atoms with van der Waals surface area (Å²) < 4.78 is 15.9. The predicted molar refractivity (Wildman–Crippen MR) is 104 cm³/mol. The van der Waals surface area contributed by atoms with Crippen LogP contribution in [0.1, 0.15) is 30.7 Å². The second-order valence-corrected chi connectivity index (χ2v) is 6.01. The van der Waals surface area contributed by atoms with Crippen LogP contribution in [0.15, 0.2) is 35.9 Å². The van der Waals surface area contributed by atoms with E-state index in [0.717, 1.165) is 11.1 Å². The lowest BCUT2D eigenvalue weighted by Gasteiger charge is -2.11. The Balaban J connectivity index is 2.33. The van der Waals surface area contributed by atoms with Gasteiger partial charge in [-0.25, -0.2) is 4.98 Å². The molecule has 0 amide bonds. The van der Waals surface area contributed by atoms with Crippen molar-refractivity contribution in [2.75, 3.05) is 21.3 Å². The summed E-state index contributed by atoms with van der Waals surface area (Å²) in [7, 11) is 4.75. The highest BCUT2D eigenvalue weighted by atomic mass is 16.5. The van der Waals surface area contributed by atoms with Crippen LogP contribution < -0.4 is 14.2 Å². The Kier molecular flexibility index (Phi) is 6.67. The zero-order valence-corrected chi connectivity index (χ0v) is 15.9. The zero-order valence-electron chi connectivity index (χ0n) is 15.9. The molecule has 5 nitrogen and oxygen atoms in total. The molecule has 2 rings (SSSR count). The third-order valence-corrected chi connectivity index (χ3v) is 3.83. The highest BCUT2D eigenvalue weighted by Gasteiger charge is 2.09. The number of benzene rings is 1. The van der Waals surface area contributed by atoms with Gasteiger partial charge in [-0.05, 0) is 44.0 Å². The molecule has 1 heterocycles. The Morgan fingerprint density at radius 3 is 2.38 bits per heavy atom. The van der Waals surface area contributed by atoms with Crippen LogP contribution >= 0.6 is 0 Å². The number of allylic oxidation sites excluding steroid dienone is 2. The maximum absolute atomic E-state index is 10.4. The Morgan fingerprint density at radius 2 is 1.77 bits per heavy atom. The Bertz CT molecular complexity index is 799. The van der Waals surface area contributed by atoms with E-state index in [-0.39, 0.29) is 5.75 Å². The standard InChI is InChI=1S/C21H25NO4/c1-14(2)6-9-18-19(23)10-15(11-20(18)25-4)7-8-16-12-17(24-3)13-21(22-16)26-5/h6-8,10-13,23H,9H2,1-5H3/b8-7+.